The van der Waals surface area contributed by atoms with E-state index in [2.05, 4.69) is 32.5 Å². The van der Waals surface area contributed by atoms with E-state index in [0.29, 0.717) is 24.1 Å². The summed E-state index contributed by atoms with van der Waals surface area (Å²) in [6.45, 7) is 1.51. The summed E-state index contributed by atoms with van der Waals surface area (Å²) < 4.78 is 0. The highest BCUT2D eigenvalue weighted by Gasteiger charge is 2.19. The average molecular weight is 277 g/mol. The van der Waals surface area contributed by atoms with Crippen LogP contribution >= 0.6 is 0 Å². The molecule has 1 amide bonds. The lowest BCUT2D eigenvalue weighted by Crippen LogP contribution is -2.37. The molecule has 6 nitrogen and oxygen atoms in total. The quantitative estimate of drug-likeness (QED) is 0.815. The highest BCUT2D eigenvalue weighted by atomic mass is 16.1. The minimum atomic E-state index is -0.172. The standard InChI is InChI=1S/C14H23N5O/c1-15-13-10-16-9-12(18-13)14(20)17-7-8-19(2)11-5-3-4-6-11/h9-11H,3-8H2,1-2H3,(H,15,18)(H,17,20). The zero-order chi connectivity index (χ0) is 14.4. The van der Waals surface area contributed by atoms with Crippen molar-refractivity contribution in [1.82, 2.24) is 20.2 Å². The lowest BCUT2D eigenvalue weighted by Gasteiger charge is -2.23. The van der Waals surface area contributed by atoms with Gasteiger partial charge in [0.2, 0.25) is 0 Å². The number of nitrogens with one attached hydrogen (secondary N) is 2. The summed E-state index contributed by atoms with van der Waals surface area (Å²) in [7, 11) is 3.88. The van der Waals surface area contributed by atoms with Crippen LogP contribution < -0.4 is 10.6 Å². The molecule has 0 saturated heterocycles. The predicted molar refractivity (Wildman–Crippen MR) is 78.8 cm³/mol. The number of amides is 1. The SMILES string of the molecule is CNc1cncc(C(=O)NCCN(C)C2CCCC2)n1. The first-order valence-electron chi connectivity index (χ1n) is 7.19. The molecule has 0 atom stereocenters. The number of hydrogen-bond donors (Lipinski definition) is 2. The molecule has 6 heteroatoms. The summed E-state index contributed by atoms with van der Waals surface area (Å²) in [6, 6.07) is 0.680. The monoisotopic (exact) mass is 277 g/mol. The number of likely N-dealkylation sites (N-methyl/N-ethyl adjacent to an activating group) is 1. The Morgan fingerprint density at radius 1 is 1.40 bits per heavy atom. The molecule has 1 fully saturated rings. The van der Waals surface area contributed by atoms with E-state index in [1.54, 1.807) is 13.2 Å². The van der Waals surface area contributed by atoms with Crippen molar-refractivity contribution < 1.29 is 4.79 Å². The van der Waals surface area contributed by atoms with E-state index >= 15 is 0 Å². The second-order valence-electron chi connectivity index (χ2n) is 5.21. The molecule has 1 saturated carbocycles. The van der Waals surface area contributed by atoms with Gasteiger partial charge >= 0.3 is 0 Å². The molecular weight excluding hydrogens is 254 g/mol. The minimum absolute atomic E-state index is 0.172. The van der Waals surface area contributed by atoms with Crippen molar-refractivity contribution in [3.8, 4) is 0 Å². The normalized spacial score (nSPS) is 15.6. The zero-order valence-corrected chi connectivity index (χ0v) is 12.2. The lowest BCUT2D eigenvalue weighted by atomic mass is 10.2. The lowest BCUT2D eigenvalue weighted by molar-refractivity contribution is 0.0942. The molecule has 2 rings (SSSR count). The Kier molecular flexibility index (Phi) is 5.29. The van der Waals surface area contributed by atoms with Gasteiger partial charge < -0.3 is 15.5 Å². The fourth-order valence-electron chi connectivity index (χ4n) is 2.56. The van der Waals surface area contributed by atoms with E-state index < -0.39 is 0 Å². The summed E-state index contributed by atoms with van der Waals surface area (Å²) in [6.07, 6.45) is 8.28. The first-order valence-corrected chi connectivity index (χ1v) is 7.19. The maximum atomic E-state index is 12.0. The van der Waals surface area contributed by atoms with Gasteiger partial charge in [0, 0.05) is 26.2 Å². The third kappa shape index (κ3) is 3.90. The van der Waals surface area contributed by atoms with Crippen LogP contribution in [-0.4, -0.2) is 54.0 Å². The van der Waals surface area contributed by atoms with Crippen LogP contribution in [0.25, 0.3) is 0 Å². The van der Waals surface area contributed by atoms with E-state index in [9.17, 15) is 4.79 Å². The molecule has 0 radical (unpaired) electrons. The van der Waals surface area contributed by atoms with Gasteiger partial charge in [-0.2, -0.15) is 0 Å². The van der Waals surface area contributed by atoms with Crippen LogP contribution in [-0.2, 0) is 0 Å². The van der Waals surface area contributed by atoms with E-state index in [4.69, 9.17) is 0 Å². The Labute approximate surface area is 120 Å². The van der Waals surface area contributed by atoms with Gasteiger partial charge in [-0.05, 0) is 19.9 Å². The summed E-state index contributed by atoms with van der Waals surface area (Å²) in [5.74, 6) is 0.426. The molecule has 1 heterocycles. The number of rotatable bonds is 6. The number of hydrogen-bond acceptors (Lipinski definition) is 5. The largest absolute Gasteiger partial charge is 0.372 e. The molecule has 1 aliphatic carbocycles. The van der Waals surface area contributed by atoms with Crippen molar-refractivity contribution in [2.45, 2.75) is 31.7 Å². The fourth-order valence-corrected chi connectivity index (χ4v) is 2.56. The van der Waals surface area contributed by atoms with Gasteiger partial charge in [0.15, 0.2) is 0 Å². The minimum Gasteiger partial charge on any atom is -0.372 e. The molecule has 2 N–H and O–H groups in total. The van der Waals surface area contributed by atoms with E-state index in [1.165, 1.54) is 31.9 Å². The summed E-state index contributed by atoms with van der Waals surface area (Å²) >= 11 is 0. The van der Waals surface area contributed by atoms with Crippen LogP contribution in [0.5, 0.6) is 0 Å². The molecule has 0 aromatic carbocycles. The van der Waals surface area contributed by atoms with Gasteiger partial charge in [-0.15, -0.1) is 0 Å². The van der Waals surface area contributed by atoms with Crippen LogP contribution in [0.4, 0.5) is 5.82 Å². The van der Waals surface area contributed by atoms with Crippen molar-refractivity contribution in [3.05, 3.63) is 18.1 Å². The van der Waals surface area contributed by atoms with Gasteiger partial charge in [-0.25, -0.2) is 4.98 Å². The molecule has 1 aromatic heterocycles. The van der Waals surface area contributed by atoms with Crippen LogP contribution in [0.15, 0.2) is 12.4 Å². The summed E-state index contributed by atoms with van der Waals surface area (Å²) in [4.78, 5) is 22.4. The maximum absolute atomic E-state index is 12.0. The third-order valence-electron chi connectivity index (χ3n) is 3.82. The highest BCUT2D eigenvalue weighted by molar-refractivity contribution is 5.92. The van der Waals surface area contributed by atoms with E-state index in [1.807, 2.05) is 0 Å². The van der Waals surface area contributed by atoms with Gasteiger partial charge in [0.05, 0.1) is 12.4 Å². The molecule has 0 spiro atoms. The van der Waals surface area contributed by atoms with Crippen LogP contribution in [0.3, 0.4) is 0 Å². The topological polar surface area (TPSA) is 70.2 Å². The first-order chi connectivity index (χ1) is 9.70. The average Bonchev–Trinajstić information content (AvgIpc) is 3.01. The smallest absolute Gasteiger partial charge is 0.271 e. The summed E-state index contributed by atoms with van der Waals surface area (Å²) in [5.41, 5.74) is 0.348. The van der Waals surface area contributed by atoms with Crippen molar-refractivity contribution in [1.29, 1.82) is 0 Å². The van der Waals surface area contributed by atoms with Crippen LogP contribution in [0.1, 0.15) is 36.2 Å². The number of anilines is 1. The molecule has 20 heavy (non-hydrogen) atoms. The van der Waals surface area contributed by atoms with Crippen molar-refractivity contribution in [2.24, 2.45) is 0 Å². The van der Waals surface area contributed by atoms with Gasteiger partial charge in [0.1, 0.15) is 11.5 Å². The van der Waals surface area contributed by atoms with Crippen LogP contribution in [0, 0.1) is 0 Å². The van der Waals surface area contributed by atoms with Crippen LogP contribution in [0.2, 0.25) is 0 Å². The Balaban J connectivity index is 1.76. The second kappa shape index (κ2) is 7.19. The zero-order valence-electron chi connectivity index (χ0n) is 12.2. The first kappa shape index (κ1) is 14.7. The summed E-state index contributed by atoms with van der Waals surface area (Å²) in [5, 5.41) is 5.77. The molecule has 1 aromatic rings. The highest BCUT2D eigenvalue weighted by Crippen LogP contribution is 2.21. The predicted octanol–water partition coefficient (Wildman–Crippen LogP) is 1.12. The Morgan fingerprint density at radius 2 is 2.15 bits per heavy atom. The number of carbonyl (C=O) groups excluding carboxylic acids is 1. The van der Waals surface area contributed by atoms with E-state index in [0.717, 1.165) is 6.54 Å². The molecular formula is C14H23N5O. The molecule has 0 aliphatic heterocycles. The molecule has 1 aliphatic rings. The maximum Gasteiger partial charge on any atom is 0.271 e. The molecule has 0 unspecified atom stereocenters. The van der Waals surface area contributed by atoms with E-state index in [-0.39, 0.29) is 5.91 Å². The number of aromatic nitrogens is 2. The van der Waals surface area contributed by atoms with Crippen molar-refractivity contribution in [3.63, 3.8) is 0 Å². The molecule has 110 valence electrons. The fraction of sp³-hybridized carbons (Fsp3) is 0.643. The van der Waals surface area contributed by atoms with Crippen molar-refractivity contribution >= 4 is 11.7 Å². The Hall–Kier alpha value is -1.69. The number of nitrogens with zero attached hydrogens (tertiary/aromatic N) is 3. The number of carbonyl (C=O) groups is 1. The third-order valence-corrected chi connectivity index (χ3v) is 3.82. The Bertz CT molecular complexity index is 445. The Morgan fingerprint density at radius 3 is 2.85 bits per heavy atom. The van der Waals surface area contributed by atoms with Gasteiger partial charge in [0.25, 0.3) is 5.91 Å². The van der Waals surface area contributed by atoms with Gasteiger partial charge in [-0.1, -0.05) is 12.8 Å². The molecule has 0 bridgehead atoms. The van der Waals surface area contributed by atoms with Gasteiger partial charge in [-0.3, -0.25) is 9.78 Å². The van der Waals surface area contributed by atoms with Crippen molar-refractivity contribution in [2.75, 3.05) is 32.5 Å². The second-order valence-corrected chi connectivity index (χ2v) is 5.21.